The first-order chi connectivity index (χ1) is 9.56. The van der Waals surface area contributed by atoms with Crippen molar-refractivity contribution in [3.8, 4) is 0 Å². The second-order valence-corrected chi connectivity index (χ2v) is 5.38. The molecule has 0 radical (unpaired) electrons. The molecule has 0 aromatic rings. The van der Waals surface area contributed by atoms with E-state index in [0.717, 1.165) is 12.8 Å². The van der Waals surface area contributed by atoms with Crippen LogP contribution in [0.3, 0.4) is 0 Å². The minimum absolute atomic E-state index is 0.0196. The summed E-state index contributed by atoms with van der Waals surface area (Å²) in [6.07, 6.45) is 2.30. The van der Waals surface area contributed by atoms with Gasteiger partial charge in [0.25, 0.3) is 0 Å². The van der Waals surface area contributed by atoms with Crippen LogP contribution in [-0.4, -0.2) is 48.6 Å². The minimum atomic E-state index is -0.373. The Hall–Kier alpha value is -1.10. The first-order valence-electron chi connectivity index (χ1n) is 7.75. The number of rotatable bonds is 8. The molecular weight excluding hydrogens is 256 g/mol. The molecule has 5 nitrogen and oxygen atoms in total. The van der Waals surface area contributed by atoms with Gasteiger partial charge in [-0.2, -0.15) is 0 Å². The van der Waals surface area contributed by atoms with Gasteiger partial charge in [0.2, 0.25) is 11.8 Å². The van der Waals surface area contributed by atoms with Crippen molar-refractivity contribution in [3.05, 3.63) is 0 Å². The molecule has 1 heterocycles. The number of hydrogen-bond donors (Lipinski definition) is 1. The molecule has 1 aliphatic heterocycles. The van der Waals surface area contributed by atoms with Crippen molar-refractivity contribution >= 4 is 11.8 Å². The van der Waals surface area contributed by atoms with Gasteiger partial charge in [-0.1, -0.05) is 27.2 Å². The van der Waals surface area contributed by atoms with E-state index in [2.05, 4.69) is 5.32 Å². The van der Waals surface area contributed by atoms with E-state index >= 15 is 0 Å². The summed E-state index contributed by atoms with van der Waals surface area (Å²) in [5.41, 5.74) is 0. The molecule has 1 N–H and O–H groups in total. The van der Waals surface area contributed by atoms with Crippen molar-refractivity contribution in [2.75, 3.05) is 19.8 Å². The van der Waals surface area contributed by atoms with Crippen molar-refractivity contribution in [2.45, 2.75) is 59.0 Å². The van der Waals surface area contributed by atoms with Gasteiger partial charge in [0.15, 0.2) is 0 Å². The summed E-state index contributed by atoms with van der Waals surface area (Å²) >= 11 is 0. The Bertz CT molecular complexity index is 333. The van der Waals surface area contributed by atoms with Crippen LogP contribution in [0.25, 0.3) is 0 Å². The quantitative estimate of drug-likeness (QED) is 0.688. The van der Waals surface area contributed by atoms with E-state index in [9.17, 15) is 9.59 Å². The second kappa shape index (κ2) is 8.25. The molecule has 0 saturated carbocycles. The van der Waals surface area contributed by atoms with Crippen molar-refractivity contribution in [3.63, 3.8) is 0 Å². The number of hydrogen-bond acceptors (Lipinski definition) is 3. The summed E-state index contributed by atoms with van der Waals surface area (Å²) in [6.45, 7) is 9.85. The predicted octanol–water partition coefficient (Wildman–Crippen LogP) is 1.56. The Morgan fingerprint density at radius 1 is 1.30 bits per heavy atom. The average molecular weight is 284 g/mol. The summed E-state index contributed by atoms with van der Waals surface area (Å²) in [5.74, 6) is 0.203. The lowest BCUT2D eigenvalue weighted by molar-refractivity contribution is -0.151. The molecule has 1 rings (SSSR count). The Morgan fingerprint density at radius 3 is 2.55 bits per heavy atom. The van der Waals surface area contributed by atoms with E-state index in [4.69, 9.17) is 4.74 Å². The minimum Gasteiger partial charge on any atom is -0.382 e. The van der Waals surface area contributed by atoms with E-state index < -0.39 is 0 Å². The van der Waals surface area contributed by atoms with Crippen molar-refractivity contribution in [1.82, 2.24) is 10.2 Å². The zero-order valence-electron chi connectivity index (χ0n) is 13.1. The van der Waals surface area contributed by atoms with Crippen LogP contribution in [0.1, 0.15) is 47.0 Å². The number of nitrogens with zero attached hydrogens (tertiary/aromatic N) is 1. The molecule has 0 spiro atoms. The molecule has 0 aromatic carbocycles. The first-order valence-corrected chi connectivity index (χ1v) is 7.75. The molecule has 0 aromatic heterocycles. The van der Waals surface area contributed by atoms with E-state index in [0.29, 0.717) is 26.2 Å². The molecule has 0 aliphatic carbocycles. The van der Waals surface area contributed by atoms with Crippen LogP contribution in [0.4, 0.5) is 0 Å². The summed E-state index contributed by atoms with van der Waals surface area (Å²) in [4.78, 5) is 26.5. The van der Waals surface area contributed by atoms with Gasteiger partial charge in [0.05, 0.1) is 0 Å². The molecule has 3 atom stereocenters. The lowest BCUT2D eigenvalue weighted by Crippen LogP contribution is -2.64. The molecule has 20 heavy (non-hydrogen) atoms. The highest BCUT2D eigenvalue weighted by Gasteiger charge is 2.40. The van der Waals surface area contributed by atoms with Gasteiger partial charge in [0, 0.05) is 19.8 Å². The first kappa shape index (κ1) is 17.0. The lowest BCUT2D eigenvalue weighted by atomic mass is 9.93. The number of carbonyl (C=O) groups is 2. The zero-order chi connectivity index (χ0) is 15.1. The van der Waals surface area contributed by atoms with Gasteiger partial charge in [0.1, 0.15) is 12.1 Å². The maximum absolute atomic E-state index is 12.6. The molecule has 3 unspecified atom stereocenters. The maximum atomic E-state index is 12.6. The van der Waals surface area contributed by atoms with Gasteiger partial charge in [-0.05, 0) is 25.7 Å². The van der Waals surface area contributed by atoms with Crippen LogP contribution < -0.4 is 5.32 Å². The Kier molecular flexibility index (Phi) is 6.99. The number of ether oxygens (including phenoxy) is 1. The van der Waals surface area contributed by atoms with Crippen molar-refractivity contribution in [2.24, 2.45) is 5.92 Å². The molecule has 0 bridgehead atoms. The summed E-state index contributed by atoms with van der Waals surface area (Å²) < 4.78 is 5.31. The van der Waals surface area contributed by atoms with E-state index in [-0.39, 0.29) is 29.8 Å². The second-order valence-electron chi connectivity index (χ2n) is 5.38. The van der Waals surface area contributed by atoms with Crippen molar-refractivity contribution in [1.29, 1.82) is 0 Å². The van der Waals surface area contributed by atoms with E-state index in [1.807, 2.05) is 27.7 Å². The zero-order valence-corrected chi connectivity index (χ0v) is 13.1. The van der Waals surface area contributed by atoms with Crippen LogP contribution >= 0.6 is 0 Å². The van der Waals surface area contributed by atoms with Crippen LogP contribution in [0.5, 0.6) is 0 Å². The van der Waals surface area contributed by atoms with Gasteiger partial charge in [-0.15, -0.1) is 0 Å². The highest BCUT2D eigenvalue weighted by atomic mass is 16.5. The number of piperazine rings is 1. The molecule has 1 fully saturated rings. The normalized spacial score (nSPS) is 24.7. The van der Waals surface area contributed by atoms with Crippen LogP contribution in [0.15, 0.2) is 0 Å². The fourth-order valence-electron chi connectivity index (χ4n) is 2.56. The predicted molar refractivity (Wildman–Crippen MR) is 78.3 cm³/mol. The molecule has 1 saturated heterocycles. The number of nitrogens with one attached hydrogen (secondary N) is 1. The molecule has 2 amide bonds. The fourth-order valence-corrected chi connectivity index (χ4v) is 2.56. The van der Waals surface area contributed by atoms with Crippen LogP contribution in [-0.2, 0) is 14.3 Å². The summed E-state index contributed by atoms with van der Waals surface area (Å²) in [6, 6.07) is -0.702. The monoisotopic (exact) mass is 284 g/mol. The van der Waals surface area contributed by atoms with Gasteiger partial charge in [-0.25, -0.2) is 0 Å². The Morgan fingerprint density at radius 2 is 2.00 bits per heavy atom. The molecule has 116 valence electrons. The topological polar surface area (TPSA) is 58.6 Å². The molecule has 1 aliphatic rings. The van der Waals surface area contributed by atoms with E-state index in [1.54, 1.807) is 4.90 Å². The van der Waals surface area contributed by atoms with E-state index in [1.165, 1.54) is 0 Å². The average Bonchev–Trinajstić information content (AvgIpc) is 2.45. The molecule has 5 heteroatoms. The fraction of sp³-hybridized carbons (Fsp3) is 0.867. The van der Waals surface area contributed by atoms with Crippen LogP contribution in [0.2, 0.25) is 0 Å². The van der Waals surface area contributed by atoms with Crippen molar-refractivity contribution < 1.29 is 14.3 Å². The van der Waals surface area contributed by atoms with Gasteiger partial charge >= 0.3 is 0 Å². The van der Waals surface area contributed by atoms with Gasteiger partial charge < -0.3 is 15.0 Å². The van der Waals surface area contributed by atoms with Gasteiger partial charge in [-0.3, -0.25) is 9.59 Å². The summed E-state index contributed by atoms with van der Waals surface area (Å²) in [7, 11) is 0. The lowest BCUT2D eigenvalue weighted by Gasteiger charge is -2.40. The third kappa shape index (κ3) is 3.95. The smallest absolute Gasteiger partial charge is 0.246 e. The Balaban J connectivity index is 2.73. The molecular formula is C15H28N2O3. The maximum Gasteiger partial charge on any atom is 0.246 e. The third-order valence-electron chi connectivity index (χ3n) is 4.02. The number of carbonyl (C=O) groups excluding carboxylic acids is 2. The van der Waals surface area contributed by atoms with Crippen LogP contribution in [0, 0.1) is 5.92 Å². The third-order valence-corrected chi connectivity index (χ3v) is 4.02. The summed E-state index contributed by atoms with van der Waals surface area (Å²) in [5, 5.41) is 2.89. The Labute approximate surface area is 122 Å². The highest BCUT2D eigenvalue weighted by molar-refractivity contribution is 5.97. The highest BCUT2D eigenvalue weighted by Crippen LogP contribution is 2.19. The largest absolute Gasteiger partial charge is 0.382 e. The standard InChI is InChI=1S/C15H28N2O3/c1-5-11(4)13-15(19)17(9-8-10-20-7-3)12(6-2)14(18)16-13/h11-13H,5-10H2,1-4H3,(H,16,18). The SMILES string of the molecule is CCOCCCN1C(=O)C(C(C)CC)NC(=O)C1CC. The number of amides is 2.